The Bertz CT molecular complexity index is 105. The van der Waals surface area contributed by atoms with Crippen molar-refractivity contribution in [1.29, 1.82) is 0 Å². The molecule has 54 valence electrons. The molecule has 0 radical (unpaired) electrons. The van der Waals surface area contributed by atoms with Crippen LogP contribution in [0.1, 0.15) is 0 Å². The van der Waals surface area contributed by atoms with Gasteiger partial charge in [0.1, 0.15) is 0 Å². The Morgan fingerprint density at radius 3 is 2.11 bits per heavy atom. The third-order valence-corrected chi connectivity index (χ3v) is 0.488. The Morgan fingerprint density at radius 1 is 1.56 bits per heavy atom. The molecular weight excluding hydrogens is 151 g/mol. The minimum Gasteiger partial charge on any atom is -0.445 e. The molecule has 0 rings (SSSR count). The second-order valence-corrected chi connectivity index (χ2v) is 1.61. The summed E-state index contributed by atoms with van der Waals surface area (Å²) in [6.45, 7) is -0.963. The van der Waals surface area contributed by atoms with Gasteiger partial charge in [-0.15, -0.1) is 0 Å². The summed E-state index contributed by atoms with van der Waals surface area (Å²) < 4.78 is 3.78. The summed E-state index contributed by atoms with van der Waals surface area (Å²) in [4.78, 5) is 9.70. The number of aliphatic hydroxyl groups is 3. The van der Waals surface area contributed by atoms with Gasteiger partial charge in [0.05, 0.1) is 0 Å². The second-order valence-electron chi connectivity index (χ2n) is 1.30. The summed E-state index contributed by atoms with van der Waals surface area (Å²) in [6, 6.07) is 0. The molecule has 0 amide bonds. The van der Waals surface area contributed by atoms with Crippen LogP contribution in [0.4, 0.5) is 4.79 Å². The van der Waals surface area contributed by atoms with Gasteiger partial charge in [-0.3, -0.25) is 0 Å². The maximum absolute atomic E-state index is 9.70. The zero-order valence-corrected chi connectivity index (χ0v) is 5.00. The molecule has 0 aliphatic heterocycles. The highest BCUT2D eigenvalue weighted by Crippen LogP contribution is 1.95. The monoisotopic (exact) mass is 156 g/mol. The summed E-state index contributed by atoms with van der Waals surface area (Å²) in [5.74, 6) is -3.00. The van der Waals surface area contributed by atoms with Gasteiger partial charge < -0.3 is 20.1 Å². The van der Waals surface area contributed by atoms with Gasteiger partial charge >= 0.3 is 11.4 Å². The minimum absolute atomic E-state index is 0.963. The van der Waals surface area contributed by atoms with E-state index >= 15 is 0 Å². The number of ether oxygens (including phenoxy) is 1. The number of rotatable bonds is 2. The van der Waals surface area contributed by atoms with Crippen LogP contribution in [0.5, 0.6) is 0 Å². The first-order valence-corrected chi connectivity index (χ1v) is 2.29. The standard InChI is InChI=1S/C3H5ClO5/c4-2(5)9-1-3(6,7)8/h6-8H,1H2. The molecule has 0 atom stereocenters. The second kappa shape index (κ2) is 2.98. The van der Waals surface area contributed by atoms with E-state index in [2.05, 4.69) is 16.3 Å². The highest BCUT2D eigenvalue weighted by Gasteiger charge is 2.19. The van der Waals surface area contributed by atoms with Crippen molar-refractivity contribution in [2.24, 2.45) is 0 Å². The number of carbonyl (C=O) groups is 1. The molecule has 0 heterocycles. The van der Waals surface area contributed by atoms with Gasteiger partial charge in [0.25, 0.3) is 0 Å². The van der Waals surface area contributed by atoms with Gasteiger partial charge in [0, 0.05) is 11.6 Å². The van der Waals surface area contributed by atoms with Crippen molar-refractivity contribution in [3.8, 4) is 0 Å². The van der Waals surface area contributed by atoms with Gasteiger partial charge in [-0.2, -0.15) is 0 Å². The van der Waals surface area contributed by atoms with Gasteiger partial charge in [-0.05, 0) is 0 Å². The molecule has 0 fully saturated rings. The van der Waals surface area contributed by atoms with E-state index < -0.39 is 18.0 Å². The molecule has 0 spiro atoms. The molecule has 0 bridgehead atoms. The lowest BCUT2D eigenvalue weighted by Crippen LogP contribution is -2.33. The maximum Gasteiger partial charge on any atom is 0.404 e. The number of halogens is 1. The van der Waals surface area contributed by atoms with E-state index in [-0.39, 0.29) is 0 Å². The van der Waals surface area contributed by atoms with Crippen molar-refractivity contribution in [3.63, 3.8) is 0 Å². The van der Waals surface area contributed by atoms with E-state index in [1.54, 1.807) is 0 Å². The van der Waals surface area contributed by atoms with E-state index in [1.165, 1.54) is 0 Å². The molecule has 0 saturated carbocycles. The molecule has 0 saturated heterocycles. The van der Waals surface area contributed by atoms with Gasteiger partial charge in [0.2, 0.25) is 0 Å². The summed E-state index contributed by atoms with van der Waals surface area (Å²) in [6.07, 6.45) is 0. The predicted octanol–water partition coefficient (Wildman–Crippen LogP) is -1.01. The van der Waals surface area contributed by atoms with Crippen molar-refractivity contribution < 1.29 is 24.9 Å². The third-order valence-electron chi connectivity index (χ3n) is 0.379. The van der Waals surface area contributed by atoms with Gasteiger partial charge in [-0.1, -0.05) is 0 Å². The van der Waals surface area contributed by atoms with Crippen LogP contribution in [0.3, 0.4) is 0 Å². The van der Waals surface area contributed by atoms with E-state index in [4.69, 9.17) is 15.3 Å². The van der Waals surface area contributed by atoms with Crippen molar-refractivity contribution >= 4 is 17.0 Å². The lowest BCUT2D eigenvalue weighted by molar-refractivity contribution is -0.324. The molecule has 0 aliphatic carbocycles. The summed E-state index contributed by atoms with van der Waals surface area (Å²) in [7, 11) is 0. The minimum atomic E-state index is -3.00. The van der Waals surface area contributed by atoms with E-state index in [1.807, 2.05) is 0 Å². The molecule has 0 unspecified atom stereocenters. The zero-order chi connectivity index (χ0) is 7.49. The Kier molecular flexibility index (Phi) is 2.86. The Labute approximate surface area is 55.4 Å². The van der Waals surface area contributed by atoms with E-state index in [0.29, 0.717) is 0 Å². The average molecular weight is 157 g/mol. The quantitative estimate of drug-likeness (QED) is 0.352. The van der Waals surface area contributed by atoms with Crippen LogP contribution in [0.25, 0.3) is 0 Å². The van der Waals surface area contributed by atoms with Crippen LogP contribution in [0.15, 0.2) is 0 Å². The highest BCUT2D eigenvalue weighted by atomic mass is 35.5. The fraction of sp³-hybridized carbons (Fsp3) is 0.667. The van der Waals surface area contributed by atoms with Crippen LogP contribution in [0, 0.1) is 0 Å². The molecular formula is C3H5ClO5. The Balaban J connectivity index is 3.39. The smallest absolute Gasteiger partial charge is 0.404 e. The Hall–Kier alpha value is -0.360. The average Bonchev–Trinajstić information content (AvgIpc) is 1.59. The predicted molar refractivity (Wildman–Crippen MR) is 26.6 cm³/mol. The summed E-state index contributed by atoms with van der Waals surface area (Å²) >= 11 is 4.59. The molecule has 0 aromatic heterocycles. The number of hydrogen-bond acceptors (Lipinski definition) is 5. The molecule has 0 aliphatic rings. The first kappa shape index (κ1) is 8.64. The lowest BCUT2D eigenvalue weighted by Gasteiger charge is -2.11. The van der Waals surface area contributed by atoms with Gasteiger partial charge in [0.15, 0.2) is 6.61 Å². The third kappa shape index (κ3) is 7.64. The SMILES string of the molecule is O=C(Cl)OCC(O)(O)O. The molecule has 0 aromatic carbocycles. The zero-order valence-electron chi connectivity index (χ0n) is 4.24. The van der Waals surface area contributed by atoms with Crippen LogP contribution < -0.4 is 0 Å². The lowest BCUT2D eigenvalue weighted by atomic mass is 10.6. The number of carbonyl (C=O) groups excluding carboxylic acids is 1. The van der Waals surface area contributed by atoms with E-state index in [0.717, 1.165) is 0 Å². The molecule has 9 heavy (non-hydrogen) atoms. The fourth-order valence-corrected chi connectivity index (χ4v) is 0.208. The molecule has 0 aromatic rings. The van der Waals surface area contributed by atoms with Crippen LogP contribution in [-0.2, 0) is 4.74 Å². The Morgan fingerprint density at radius 2 is 2.00 bits per heavy atom. The molecule has 6 heteroatoms. The van der Waals surface area contributed by atoms with E-state index in [9.17, 15) is 4.79 Å². The normalized spacial score (nSPS) is 11.1. The summed E-state index contributed by atoms with van der Waals surface area (Å²) in [5.41, 5.74) is -1.21. The van der Waals surface area contributed by atoms with Crippen LogP contribution in [-0.4, -0.2) is 33.3 Å². The van der Waals surface area contributed by atoms with Crippen molar-refractivity contribution in [2.75, 3.05) is 6.61 Å². The van der Waals surface area contributed by atoms with Gasteiger partial charge in [-0.25, -0.2) is 4.79 Å². The first-order valence-electron chi connectivity index (χ1n) is 1.91. The van der Waals surface area contributed by atoms with Crippen molar-refractivity contribution in [2.45, 2.75) is 5.97 Å². The molecule has 5 nitrogen and oxygen atoms in total. The maximum atomic E-state index is 9.70. The topological polar surface area (TPSA) is 87.0 Å². The molecule has 3 N–H and O–H groups in total. The number of hydrogen-bond donors (Lipinski definition) is 3. The largest absolute Gasteiger partial charge is 0.445 e. The van der Waals surface area contributed by atoms with Crippen LogP contribution >= 0.6 is 11.6 Å². The van der Waals surface area contributed by atoms with Crippen molar-refractivity contribution in [1.82, 2.24) is 0 Å². The van der Waals surface area contributed by atoms with Crippen LogP contribution in [0.2, 0.25) is 0 Å². The highest BCUT2D eigenvalue weighted by molar-refractivity contribution is 6.61. The summed E-state index contributed by atoms with van der Waals surface area (Å²) in [5, 5.41) is 24.1. The first-order chi connectivity index (χ1) is 3.92. The fourth-order valence-electron chi connectivity index (χ4n) is 0.154. The van der Waals surface area contributed by atoms with Crippen molar-refractivity contribution in [3.05, 3.63) is 0 Å².